The molecule has 0 saturated heterocycles. The molecule has 0 atom stereocenters. The molecule has 3 rings (SSSR count). The van der Waals surface area contributed by atoms with Crippen molar-refractivity contribution in [2.75, 3.05) is 10.6 Å². The third-order valence-corrected chi connectivity index (χ3v) is 4.54. The predicted octanol–water partition coefficient (Wildman–Crippen LogP) is 4.71. The Balaban J connectivity index is 1.95. The van der Waals surface area contributed by atoms with Gasteiger partial charge in [0, 0.05) is 29.4 Å². The van der Waals surface area contributed by atoms with Crippen LogP contribution in [0.15, 0.2) is 12.3 Å². The minimum absolute atomic E-state index is 0.313. The second kappa shape index (κ2) is 7.32. The van der Waals surface area contributed by atoms with Gasteiger partial charge < -0.3 is 10.6 Å². The van der Waals surface area contributed by atoms with Gasteiger partial charge in [0.25, 0.3) is 0 Å². The van der Waals surface area contributed by atoms with E-state index in [4.69, 9.17) is 9.97 Å². The van der Waals surface area contributed by atoms with Crippen LogP contribution in [0.4, 0.5) is 11.8 Å². The van der Waals surface area contributed by atoms with E-state index in [0.717, 1.165) is 28.4 Å². The smallest absolute Gasteiger partial charge is 0.223 e. The van der Waals surface area contributed by atoms with Crippen molar-refractivity contribution in [1.82, 2.24) is 15.0 Å². The van der Waals surface area contributed by atoms with Gasteiger partial charge in [0.15, 0.2) is 5.82 Å². The summed E-state index contributed by atoms with van der Waals surface area (Å²) in [6, 6.07) is 2.92. The van der Waals surface area contributed by atoms with Gasteiger partial charge in [-0.05, 0) is 38.7 Å². The summed E-state index contributed by atoms with van der Waals surface area (Å²) in [4.78, 5) is 14.1. The van der Waals surface area contributed by atoms with Gasteiger partial charge in [-0.3, -0.25) is 0 Å². The molecule has 24 heavy (non-hydrogen) atoms. The summed E-state index contributed by atoms with van der Waals surface area (Å²) in [6.07, 6.45) is 8.29. The lowest BCUT2D eigenvalue weighted by Gasteiger charge is -2.23. The van der Waals surface area contributed by atoms with Gasteiger partial charge in [0.05, 0.1) is 0 Å². The van der Waals surface area contributed by atoms with Crippen molar-refractivity contribution in [3.63, 3.8) is 0 Å². The lowest BCUT2D eigenvalue weighted by Crippen LogP contribution is -2.23. The van der Waals surface area contributed by atoms with Gasteiger partial charge in [-0.15, -0.1) is 0 Å². The van der Waals surface area contributed by atoms with Crippen molar-refractivity contribution in [2.45, 2.75) is 77.8 Å². The first-order valence-corrected chi connectivity index (χ1v) is 9.23. The fourth-order valence-electron chi connectivity index (χ4n) is 3.23. The first-order valence-electron chi connectivity index (χ1n) is 9.23. The maximum atomic E-state index is 4.80. The molecule has 1 aliphatic rings. The topological polar surface area (TPSA) is 62.7 Å². The average molecular weight is 327 g/mol. The fraction of sp³-hybridized carbons (Fsp3) is 0.632. The fourth-order valence-corrected chi connectivity index (χ4v) is 3.23. The quantitative estimate of drug-likeness (QED) is 0.832. The highest BCUT2D eigenvalue weighted by atomic mass is 15.1. The normalized spacial score (nSPS) is 16.1. The zero-order chi connectivity index (χ0) is 17.1. The third-order valence-electron chi connectivity index (χ3n) is 4.54. The molecule has 5 nitrogen and oxygen atoms in total. The maximum absolute atomic E-state index is 4.80. The Bertz CT molecular complexity index is 689. The largest absolute Gasteiger partial charge is 0.366 e. The molecule has 0 aliphatic heterocycles. The average Bonchev–Trinajstić information content (AvgIpc) is 2.55. The summed E-state index contributed by atoms with van der Waals surface area (Å²) in [5.74, 6) is 1.96. The number of fused-ring (bicyclic) bond motifs is 1. The molecule has 2 N–H and O–H groups in total. The summed E-state index contributed by atoms with van der Waals surface area (Å²) in [6.45, 7) is 8.57. The predicted molar refractivity (Wildman–Crippen MR) is 101 cm³/mol. The number of hydrogen-bond acceptors (Lipinski definition) is 5. The lowest BCUT2D eigenvalue weighted by molar-refractivity contribution is 0.461. The molecular formula is C19H29N5. The molecule has 1 aliphatic carbocycles. The Hall–Kier alpha value is -1.91. The van der Waals surface area contributed by atoms with E-state index < -0.39 is 0 Å². The Kier molecular flexibility index (Phi) is 5.17. The monoisotopic (exact) mass is 327 g/mol. The van der Waals surface area contributed by atoms with Crippen LogP contribution < -0.4 is 10.6 Å². The summed E-state index contributed by atoms with van der Waals surface area (Å²) in [5, 5.41) is 8.01. The van der Waals surface area contributed by atoms with Gasteiger partial charge in [-0.2, -0.15) is 0 Å². The number of anilines is 2. The van der Waals surface area contributed by atoms with Crippen LogP contribution in [0, 0.1) is 0 Å². The van der Waals surface area contributed by atoms with Crippen LogP contribution >= 0.6 is 0 Å². The van der Waals surface area contributed by atoms with Gasteiger partial charge in [0.2, 0.25) is 5.95 Å². The lowest BCUT2D eigenvalue weighted by atomic mass is 9.96. The Morgan fingerprint density at radius 2 is 1.79 bits per heavy atom. The van der Waals surface area contributed by atoms with Crippen molar-refractivity contribution in [2.24, 2.45) is 0 Å². The number of hydrogen-bond donors (Lipinski definition) is 2. The highest BCUT2D eigenvalue weighted by molar-refractivity contribution is 5.89. The van der Waals surface area contributed by atoms with E-state index in [2.05, 4.69) is 49.4 Å². The molecule has 0 aromatic carbocycles. The van der Waals surface area contributed by atoms with Crippen LogP contribution in [-0.4, -0.2) is 27.0 Å². The molecule has 2 heterocycles. The molecule has 5 heteroatoms. The van der Waals surface area contributed by atoms with Crippen LogP contribution in [0.25, 0.3) is 10.9 Å². The number of rotatable bonds is 5. The molecule has 2 aromatic heterocycles. The maximum Gasteiger partial charge on any atom is 0.223 e. The van der Waals surface area contributed by atoms with Crippen molar-refractivity contribution in [3.8, 4) is 0 Å². The second-order valence-corrected chi connectivity index (χ2v) is 7.46. The second-order valence-electron chi connectivity index (χ2n) is 7.46. The summed E-state index contributed by atoms with van der Waals surface area (Å²) < 4.78 is 0. The van der Waals surface area contributed by atoms with E-state index in [-0.39, 0.29) is 0 Å². The number of nitrogens with one attached hydrogen (secondary N) is 2. The van der Waals surface area contributed by atoms with E-state index in [1.165, 1.54) is 32.1 Å². The van der Waals surface area contributed by atoms with Crippen LogP contribution in [0.2, 0.25) is 0 Å². The van der Waals surface area contributed by atoms with Gasteiger partial charge >= 0.3 is 0 Å². The Labute approximate surface area is 144 Å². The number of nitrogens with zero attached hydrogens (tertiary/aromatic N) is 3. The molecule has 130 valence electrons. The first-order chi connectivity index (χ1) is 11.5. The van der Waals surface area contributed by atoms with E-state index >= 15 is 0 Å². The highest BCUT2D eigenvalue weighted by Gasteiger charge is 2.16. The summed E-state index contributed by atoms with van der Waals surface area (Å²) >= 11 is 0. The van der Waals surface area contributed by atoms with Crippen molar-refractivity contribution < 1.29 is 0 Å². The molecule has 0 amide bonds. The molecule has 0 spiro atoms. The SMILES string of the molecule is CC(C)Nc1nc(C(C)C)cc2cnc(NC3CCCCC3)nc12. The van der Waals surface area contributed by atoms with Gasteiger partial charge in [-0.25, -0.2) is 15.0 Å². The molecule has 1 saturated carbocycles. The van der Waals surface area contributed by atoms with Crippen LogP contribution in [0.3, 0.4) is 0 Å². The standard InChI is InChI=1S/C19H29N5/c1-12(2)16-10-14-11-20-19(22-15-8-6-5-7-9-15)24-17(14)18(23-16)21-13(3)4/h10-13,15H,5-9H2,1-4H3,(H,21,23)(H,20,22,24). The molecular weight excluding hydrogens is 298 g/mol. The molecule has 0 radical (unpaired) electrons. The van der Waals surface area contributed by atoms with E-state index in [0.29, 0.717) is 18.0 Å². The molecule has 1 fully saturated rings. The Morgan fingerprint density at radius 3 is 2.46 bits per heavy atom. The first kappa shape index (κ1) is 16.9. The Morgan fingerprint density at radius 1 is 1.04 bits per heavy atom. The highest BCUT2D eigenvalue weighted by Crippen LogP contribution is 2.26. The third kappa shape index (κ3) is 3.94. The molecule has 0 unspecified atom stereocenters. The van der Waals surface area contributed by atoms with E-state index in [1.807, 2.05) is 6.20 Å². The van der Waals surface area contributed by atoms with E-state index in [9.17, 15) is 0 Å². The minimum Gasteiger partial charge on any atom is -0.366 e. The van der Waals surface area contributed by atoms with Gasteiger partial charge in [0.1, 0.15) is 5.52 Å². The molecule has 2 aromatic rings. The van der Waals surface area contributed by atoms with Gasteiger partial charge in [-0.1, -0.05) is 33.1 Å². The summed E-state index contributed by atoms with van der Waals surface area (Å²) in [5.41, 5.74) is 1.98. The molecule has 0 bridgehead atoms. The van der Waals surface area contributed by atoms with Crippen molar-refractivity contribution in [3.05, 3.63) is 18.0 Å². The van der Waals surface area contributed by atoms with Crippen molar-refractivity contribution >= 4 is 22.7 Å². The number of pyridine rings is 1. The zero-order valence-electron chi connectivity index (χ0n) is 15.3. The zero-order valence-corrected chi connectivity index (χ0v) is 15.3. The van der Waals surface area contributed by atoms with Crippen LogP contribution in [0.5, 0.6) is 0 Å². The van der Waals surface area contributed by atoms with Crippen LogP contribution in [0.1, 0.15) is 71.4 Å². The number of aromatic nitrogens is 3. The van der Waals surface area contributed by atoms with Crippen LogP contribution in [-0.2, 0) is 0 Å². The minimum atomic E-state index is 0.313. The van der Waals surface area contributed by atoms with E-state index in [1.54, 1.807) is 0 Å². The van der Waals surface area contributed by atoms with Crippen molar-refractivity contribution in [1.29, 1.82) is 0 Å². The summed E-state index contributed by atoms with van der Waals surface area (Å²) in [7, 11) is 0.